The maximum absolute atomic E-state index is 3.70. The fourth-order valence-corrected chi connectivity index (χ4v) is 3.17. The zero-order chi connectivity index (χ0) is 17.6. The molecule has 24 heavy (non-hydrogen) atoms. The number of anilines is 2. The van der Waals surface area contributed by atoms with Crippen molar-refractivity contribution < 1.29 is 0 Å². The molecule has 0 aliphatic carbocycles. The van der Waals surface area contributed by atoms with Crippen molar-refractivity contribution in [1.29, 1.82) is 0 Å². The Labute approximate surface area is 150 Å². The minimum atomic E-state index is 0.604. The molecule has 2 nitrogen and oxygen atoms in total. The third-order valence-corrected chi connectivity index (χ3v) is 4.92. The van der Waals surface area contributed by atoms with E-state index in [-0.39, 0.29) is 0 Å². The highest BCUT2D eigenvalue weighted by Crippen LogP contribution is 2.19. The van der Waals surface area contributed by atoms with E-state index < -0.39 is 0 Å². The fourth-order valence-electron chi connectivity index (χ4n) is 3.17. The Hall–Kier alpha value is -1.18. The molecule has 2 atom stereocenters. The van der Waals surface area contributed by atoms with Crippen molar-refractivity contribution in [2.75, 3.05) is 10.6 Å². The smallest absolute Gasteiger partial charge is 0.0343 e. The summed E-state index contributed by atoms with van der Waals surface area (Å²) < 4.78 is 0. The summed E-state index contributed by atoms with van der Waals surface area (Å²) in [5, 5.41) is 7.39. The van der Waals surface area contributed by atoms with Crippen molar-refractivity contribution in [3.05, 3.63) is 24.3 Å². The van der Waals surface area contributed by atoms with E-state index >= 15 is 0 Å². The summed E-state index contributed by atoms with van der Waals surface area (Å²) in [6, 6.07) is 10.1. The van der Waals surface area contributed by atoms with Gasteiger partial charge in [-0.15, -0.1) is 0 Å². The molecular weight excluding hydrogens is 292 g/mol. The molecular formula is C22H40N2. The second kappa shape index (κ2) is 13.1. The molecule has 0 aliphatic rings. The highest BCUT2D eigenvalue weighted by molar-refractivity contribution is 5.54. The van der Waals surface area contributed by atoms with Crippen LogP contribution in [0.3, 0.4) is 0 Å². The van der Waals surface area contributed by atoms with Gasteiger partial charge in [-0.2, -0.15) is 0 Å². The van der Waals surface area contributed by atoms with Crippen LogP contribution in [-0.4, -0.2) is 12.1 Å². The first-order chi connectivity index (χ1) is 11.7. The highest BCUT2D eigenvalue weighted by Gasteiger charge is 2.08. The summed E-state index contributed by atoms with van der Waals surface area (Å²) in [6.45, 7) is 9.10. The molecule has 1 aromatic rings. The molecule has 0 heterocycles. The Morgan fingerprint density at radius 1 is 0.625 bits per heavy atom. The standard InChI is InChI=1S/C22H40N2/c1-5-9-11-13-19(7-3)23-21-15-17-22(18-16-21)24-20(8-4)14-12-10-6-2/h15-20,23-24H,5-14H2,1-4H3. The minimum absolute atomic E-state index is 0.604. The van der Waals surface area contributed by atoms with Gasteiger partial charge in [-0.1, -0.05) is 66.2 Å². The average molecular weight is 333 g/mol. The first-order valence-corrected chi connectivity index (χ1v) is 10.4. The van der Waals surface area contributed by atoms with Gasteiger partial charge in [0.15, 0.2) is 0 Å². The molecule has 2 heteroatoms. The largest absolute Gasteiger partial charge is 0.382 e. The molecule has 0 amide bonds. The number of nitrogens with one attached hydrogen (secondary N) is 2. The van der Waals surface area contributed by atoms with Crippen LogP contribution in [0.25, 0.3) is 0 Å². The molecule has 0 aromatic heterocycles. The normalized spacial score (nSPS) is 13.5. The molecule has 2 unspecified atom stereocenters. The van der Waals surface area contributed by atoms with E-state index in [0.29, 0.717) is 12.1 Å². The predicted octanol–water partition coefficient (Wildman–Crippen LogP) is 7.23. The van der Waals surface area contributed by atoms with Crippen LogP contribution in [0, 0.1) is 0 Å². The van der Waals surface area contributed by atoms with Crippen molar-refractivity contribution in [2.45, 2.75) is 104 Å². The second-order valence-corrected chi connectivity index (χ2v) is 7.07. The van der Waals surface area contributed by atoms with E-state index in [1.807, 2.05) is 0 Å². The number of benzene rings is 1. The summed E-state index contributed by atoms with van der Waals surface area (Å²) in [7, 11) is 0. The Balaban J connectivity index is 2.45. The summed E-state index contributed by atoms with van der Waals surface area (Å²) in [6.07, 6.45) is 12.9. The van der Waals surface area contributed by atoms with E-state index in [1.165, 1.54) is 75.6 Å². The van der Waals surface area contributed by atoms with Crippen molar-refractivity contribution in [3.8, 4) is 0 Å². The van der Waals surface area contributed by atoms with Gasteiger partial charge >= 0.3 is 0 Å². The van der Waals surface area contributed by atoms with E-state index in [2.05, 4.69) is 62.6 Å². The zero-order valence-electron chi connectivity index (χ0n) is 16.5. The van der Waals surface area contributed by atoms with E-state index in [1.54, 1.807) is 0 Å². The molecule has 138 valence electrons. The van der Waals surface area contributed by atoms with Gasteiger partial charge in [0.1, 0.15) is 0 Å². The number of hydrogen-bond acceptors (Lipinski definition) is 2. The van der Waals surface area contributed by atoms with Crippen LogP contribution in [0.2, 0.25) is 0 Å². The quantitative estimate of drug-likeness (QED) is 0.351. The summed E-state index contributed by atoms with van der Waals surface area (Å²) in [4.78, 5) is 0. The Morgan fingerprint density at radius 3 is 1.29 bits per heavy atom. The van der Waals surface area contributed by atoms with Gasteiger partial charge in [0.2, 0.25) is 0 Å². The van der Waals surface area contributed by atoms with Gasteiger partial charge in [-0.05, 0) is 49.9 Å². The Bertz CT molecular complexity index is 360. The predicted molar refractivity (Wildman–Crippen MR) is 110 cm³/mol. The monoisotopic (exact) mass is 332 g/mol. The minimum Gasteiger partial charge on any atom is -0.382 e. The first kappa shape index (κ1) is 20.9. The van der Waals surface area contributed by atoms with Crippen molar-refractivity contribution >= 4 is 11.4 Å². The van der Waals surface area contributed by atoms with Crippen LogP contribution < -0.4 is 10.6 Å². The zero-order valence-corrected chi connectivity index (χ0v) is 16.5. The molecule has 2 N–H and O–H groups in total. The second-order valence-electron chi connectivity index (χ2n) is 7.07. The third-order valence-electron chi connectivity index (χ3n) is 4.92. The van der Waals surface area contributed by atoms with Crippen LogP contribution in [-0.2, 0) is 0 Å². The Morgan fingerprint density at radius 2 is 1.00 bits per heavy atom. The van der Waals surface area contributed by atoms with E-state index in [9.17, 15) is 0 Å². The van der Waals surface area contributed by atoms with Gasteiger partial charge in [-0.25, -0.2) is 0 Å². The number of rotatable bonds is 14. The van der Waals surface area contributed by atoms with Gasteiger partial charge in [-0.3, -0.25) is 0 Å². The third kappa shape index (κ3) is 8.61. The van der Waals surface area contributed by atoms with Gasteiger partial charge in [0.25, 0.3) is 0 Å². The molecule has 1 rings (SSSR count). The lowest BCUT2D eigenvalue weighted by molar-refractivity contribution is 0.573. The van der Waals surface area contributed by atoms with Gasteiger partial charge in [0.05, 0.1) is 0 Å². The van der Waals surface area contributed by atoms with Crippen molar-refractivity contribution in [2.24, 2.45) is 0 Å². The van der Waals surface area contributed by atoms with E-state index in [4.69, 9.17) is 0 Å². The maximum Gasteiger partial charge on any atom is 0.0343 e. The van der Waals surface area contributed by atoms with Crippen LogP contribution in [0.1, 0.15) is 91.9 Å². The SMILES string of the molecule is CCCCCC(CC)Nc1ccc(NC(CC)CCCCC)cc1. The first-order valence-electron chi connectivity index (χ1n) is 10.4. The van der Waals surface area contributed by atoms with Gasteiger partial charge in [0, 0.05) is 23.5 Å². The lowest BCUT2D eigenvalue weighted by Gasteiger charge is -2.20. The Kier molecular flexibility index (Phi) is 11.4. The molecule has 0 radical (unpaired) electrons. The lowest BCUT2D eigenvalue weighted by Crippen LogP contribution is -2.19. The molecule has 0 aliphatic heterocycles. The fraction of sp³-hybridized carbons (Fsp3) is 0.727. The summed E-state index contributed by atoms with van der Waals surface area (Å²) in [5.41, 5.74) is 2.51. The number of hydrogen-bond donors (Lipinski definition) is 2. The van der Waals surface area contributed by atoms with Crippen LogP contribution >= 0.6 is 0 Å². The van der Waals surface area contributed by atoms with Crippen LogP contribution in [0.4, 0.5) is 11.4 Å². The molecule has 0 fully saturated rings. The maximum atomic E-state index is 3.70. The number of unbranched alkanes of at least 4 members (excludes halogenated alkanes) is 4. The average Bonchev–Trinajstić information content (AvgIpc) is 2.61. The van der Waals surface area contributed by atoms with E-state index in [0.717, 1.165) is 0 Å². The lowest BCUT2D eigenvalue weighted by atomic mass is 10.1. The highest BCUT2D eigenvalue weighted by atomic mass is 14.9. The summed E-state index contributed by atoms with van der Waals surface area (Å²) >= 11 is 0. The molecule has 0 spiro atoms. The van der Waals surface area contributed by atoms with Gasteiger partial charge < -0.3 is 10.6 Å². The van der Waals surface area contributed by atoms with Crippen molar-refractivity contribution in [3.63, 3.8) is 0 Å². The van der Waals surface area contributed by atoms with Crippen LogP contribution in [0.15, 0.2) is 24.3 Å². The van der Waals surface area contributed by atoms with Crippen molar-refractivity contribution in [1.82, 2.24) is 0 Å². The van der Waals surface area contributed by atoms with Crippen LogP contribution in [0.5, 0.6) is 0 Å². The molecule has 1 aromatic carbocycles. The molecule has 0 saturated carbocycles. The summed E-state index contributed by atoms with van der Waals surface area (Å²) in [5.74, 6) is 0. The molecule has 0 saturated heterocycles. The topological polar surface area (TPSA) is 24.1 Å². The molecule has 0 bridgehead atoms.